The van der Waals surface area contributed by atoms with Crippen LogP contribution in [0.25, 0.3) is 0 Å². The van der Waals surface area contributed by atoms with Crippen molar-refractivity contribution in [1.29, 1.82) is 0 Å². The minimum absolute atomic E-state index is 0.252. The van der Waals surface area contributed by atoms with Crippen molar-refractivity contribution in [3.05, 3.63) is 0 Å². The van der Waals surface area contributed by atoms with Crippen molar-refractivity contribution >= 4 is 38.9 Å². The molecule has 0 aromatic carbocycles. The summed E-state index contributed by atoms with van der Waals surface area (Å²) in [7, 11) is -3.56. The van der Waals surface area contributed by atoms with Gasteiger partial charge in [0.25, 0.3) is 0 Å². The Morgan fingerprint density at radius 3 is 2.18 bits per heavy atom. The number of halogens is 2. The summed E-state index contributed by atoms with van der Waals surface area (Å²) in [6.45, 7) is 0. The number of sulfone groups is 1. The zero-order valence-electron chi connectivity index (χ0n) is 5.46. The maximum Gasteiger partial charge on any atom is 0.218 e. The van der Waals surface area contributed by atoms with E-state index < -0.39 is 25.7 Å². The second kappa shape index (κ2) is 4.13. The van der Waals surface area contributed by atoms with Gasteiger partial charge in [-0.2, -0.15) is 0 Å². The van der Waals surface area contributed by atoms with Gasteiger partial charge in [-0.25, -0.2) is 8.42 Å². The summed E-state index contributed by atoms with van der Waals surface area (Å²) in [5.41, 5.74) is 4.71. The highest BCUT2D eigenvalue weighted by atomic mass is 35.5. The fourth-order valence-corrected chi connectivity index (χ4v) is 1.53. The SMILES string of the molecule is NC(=O)CCS(=O)(=O)C(Cl)Cl. The lowest BCUT2D eigenvalue weighted by molar-refractivity contribution is -0.117. The van der Waals surface area contributed by atoms with E-state index in [-0.39, 0.29) is 6.42 Å². The number of nitrogens with two attached hydrogens (primary N) is 1. The number of carbonyl (C=O) groups is 1. The van der Waals surface area contributed by atoms with Crippen LogP contribution in [0.1, 0.15) is 6.42 Å². The lowest BCUT2D eigenvalue weighted by Gasteiger charge is -2.01. The second-order valence-corrected chi connectivity index (χ2v) is 5.66. The molecule has 0 atom stereocenters. The van der Waals surface area contributed by atoms with E-state index in [9.17, 15) is 13.2 Å². The van der Waals surface area contributed by atoms with Gasteiger partial charge >= 0.3 is 0 Å². The summed E-state index contributed by atoms with van der Waals surface area (Å²) in [6.07, 6.45) is -0.252. The summed E-state index contributed by atoms with van der Waals surface area (Å²) in [5, 5.41) is 0. The standard InChI is InChI=1S/C4H7Cl2NO3S/c5-4(6)11(9,10)2-1-3(7)8/h4H,1-2H2,(H2,7,8). The van der Waals surface area contributed by atoms with Crippen LogP contribution in [-0.4, -0.2) is 24.2 Å². The summed E-state index contributed by atoms with van der Waals surface area (Å²) in [4.78, 5) is 10.1. The molecule has 1 amide bonds. The third kappa shape index (κ3) is 4.44. The number of rotatable bonds is 4. The number of carbonyl (C=O) groups excluding carboxylic acids is 1. The molecule has 0 saturated carbocycles. The molecule has 0 aliphatic carbocycles. The van der Waals surface area contributed by atoms with E-state index in [2.05, 4.69) is 0 Å². The van der Waals surface area contributed by atoms with Crippen LogP contribution in [0.15, 0.2) is 0 Å². The van der Waals surface area contributed by atoms with E-state index in [4.69, 9.17) is 28.9 Å². The summed E-state index contributed by atoms with van der Waals surface area (Å²) < 4.78 is 20.0. The Labute approximate surface area is 74.6 Å². The van der Waals surface area contributed by atoms with Gasteiger partial charge < -0.3 is 5.73 Å². The first-order valence-electron chi connectivity index (χ1n) is 2.64. The summed E-state index contributed by atoms with van der Waals surface area (Å²) in [6, 6.07) is 0. The normalized spacial score (nSPS) is 11.9. The molecular formula is C4H7Cl2NO3S. The van der Waals surface area contributed by atoms with Crippen molar-refractivity contribution in [1.82, 2.24) is 0 Å². The molecule has 7 heteroatoms. The van der Waals surface area contributed by atoms with Crippen LogP contribution >= 0.6 is 23.2 Å². The molecule has 0 bridgehead atoms. The highest BCUT2D eigenvalue weighted by Gasteiger charge is 2.20. The minimum atomic E-state index is -3.56. The largest absolute Gasteiger partial charge is 0.370 e. The number of amides is 1. The van der Waals surface area contributed by atoms with Gasteiger partial charge in [0.05, 0.1) is 5.75 Å². The Morgan fingerprint density at radius 2 is 1.91 bits per heavy atom. The molecule has 11 heavy (non-hydrogen) atoms. The van der Waals surface area contributed by atoms with Gasteiger partial charge in [0, 0.05) is 6.42 Å². The number of primary amides is 1. The first-order chi connectivity index (χ1) is 4.86. The van der Waals surface area contributed by atoms with Crippen molar-refractivity contribution < 1.29 is 13.2 Å². The molecule has 0 unspecified atom stereocenters. The Bertz CT molecular complexity index is 236. The maximum absolute atomic E-state index is 10.8. The lowest BCUT2D eigenvalue weighted by Crippen LogP contribution is -2.20. The van der Waals surface area contributed by atoms with Crippen molar-refractivity contribution in [3.8, 4) is 0 Å². The topological polar surface area (TPSA) is 77.2 Å². The maximum atomic E-state index is 10.8. The highest BCUT2D eigenvalue weighted by molar-refractivity contribution is 7.94. The molecular weight excluding hydrogens is 213 g/mol. The molecule has 0 rings (SSSR count). The van der Waals surface area contributed by atoms with Crippen LogP contribution < -0.4 is 5.73 Å². The van der Waals surface area contributed by atoms with Crippen LogP contribution in [0.3, 0.4) is 0 Å². The highest BCUT2D eigenvalue weighted by Crippen LogP contribution is 2.12. The molecule has 0 radical (unpaired) electrons. The first kappa shape index (κ1) is 11.0. The van der Waals surface area contributed by atoms with Crippen LogP contribution in [0.4, 0.5) is 0 Å². The van der Waals surface area contributed by atoms with Gasteiger partial charge in [-0.05, 0) is 0 Å². The van der Waals surface area contributed by atoms with Gasteiger partial charge in [0.1, 0.15) is 0 Å². The second-order valence-electron chi connectivity index (χ2n) is 1.84. The quantitative estimate of drug-likeness (QED) is 0.679. The molecule has 0 aromatic rings. The van der Waals surface area contributed by atoms with E-state index in [0.717, 1.165) is 0 Å². The average molecular weight is 220 g/mol. The van der Waals surface area contributed by atoms with E-state index in [1.54, 1.807) is 0 Å². The molecule has 0 spiro atoms. The zero-order valence-corrected chi connectivity index (χ0v) is 7.79. The molecule has 0 aromatic heterocycles. The van der Waals surface area contributed by atoms with Crippen molar-refractivity contribution in [2.45, 2.75) is 10.6 Å². The number of alkyl halides is 2. The van der Waals surface area contributed by atoms with E-state index in [1.165, 1.54) is 0 Å². The Kier molecular flexibility index (Phi) is 4.13. The number of hydrogen-bond donors (Lipinski definition) is 1. The van der Waals surface area contributed by atoms with Crippen LogP contribution in [-0.2, 0) is 14.6 Å². The average Bonchev–Trinajstić information content (AvgIpc) is 1.84. The van der Waals surface area contributed by atoms with Crippen LogP contribution in [0, 0.1) is 0 Å². The lowest BCUT2D eigenvalue weighted by atomic mass is 10.5. The van der Waals surface area contributed by atoms with Gasteiger partial charge in [-0.1, -0.05) is 23.2 Å². The van der Waals surface area contributed by atoms with Gasteiger partial charge in [-0.3, -0.25) is 4.79 Å². The molecule has 66 valence electrons. The van der Waals surface area contributed by atoms with Crippen molar-refractivity contribution in [3.63, 3.8) is 0 Å². The first-order valence-corrected chi connectivity index (χ1v) is 5.23. The zero-order chi connectivity index (χ0) is 9.07. The van der Waals surface area contributed by atoms with E-state index in [1.807, 2.05) is 0 Å². The smallest absolute Gasteiger partial charge is 0.218 e. The molecule has 0 saturated heterocycles. The molecule has 0 heterocycles. The third-order valence-electron chi connectivity index (χ3n) is 0.904. The fraction of sp³-hybridized carbons (Fsp3) is 0.750. The van der Waals surface area contributed by atoms with E-state index >= 15 is 0 Å². The third-order valence-corrected chi connectivity index (χ3v) is 3.85. The van der Waals surface area contributed by atoms with Crippen molar-refractivity contribution in [2.24, 2.45) is 5.73 Å². The summed E-state index contributed by atoms with van der Waals surface area (Å²) >= 11 is 10.2. The fourth-order valence-electron chi connectivity index (χ4n) is 0.332. The summed E-state index contributed by atoms with van der Waals surface area (Å²) in [5.74, 6) is -1.09. The van der Waals surface area contributed by atoms with Crippen molar-refractivity contribution in [2.75, 3.05) is 5.75 Å². The van der Waals surface area contributed by atoms with Crippen LogP contribution in [0.5, 0.6) is 0 Å². The molecule has 0 aliphatic rings. The Balaban J connectivity index is 4.05. The monoisotopic (exact) mass is 219 g/mol. The molecule has 2 N–H and O–H groups in total. The molecule has 0 fully saturated rings. The Morgan fingerprint density at radius 1 is 1.45 bits per heavy atom. The van der Waals surface area contributed by atoms with Crippen LogP contribution in [0.2, 0.25) is 0 Å². The molecule has 0 aliphatic heterocycles. The van der Waals surface area contributed by atoms with E-state index in [0.29, 0.717) is 0 Å². The van der Waals surface area contributed by atoms with Gasteiger partial charge in [0.15, 0.2) is 9.84 Å². The minimum Gasteiger partial charge on any atom is -0.370 e. The number of hydrogen-bond acceptors (Lipinski definition) is 3. The van der Waals surface area contributed by atoms with Gasteiger partial charge in [0.2, 0.25) is 10.1 Å². The molecule has 4 nitrogen and oxygen atoms in total. The predicted octanol–water partition coefficient (Wildman–Crippen LogP) is 0.0378. The predicted molar refractivity (Wildman–Crippen MR) is 43.1 cm³/mol. The van der Waals surface area contributed by atoms with Gasteiger partial charge in [-0.15, -0.1) is 0 Å². The Hall–Kier alpha value is -0.000000000000000111.